The van der Waals surface area contributed by atoms with Crippen molar-refractivity contribution in [1.82, 2.24) is 10.4 Å². The van der Waals surface area contributed by atoms with Crippen molar-refractivity contribution in [1.29, 1.82) is 0 Å². The SMILES string of the molecule is COc1cc(C=NNC(=O)c2cc(-c3cccc(Br)c3)nc3ccccc23)cc(Br)c1O. The first-order valence-electron chi connectivity index (χ1n) is 9.52. The Bertz CT molecular complexity index is 1360. The topological polar surface area (TPSA) is 83.8 Å². The highest BCUT2D eigenvalue weighted by molar-refractivity contribution is 9.10. The van der Waals surface area contributed by atoms with E-state index in [2.05, 4.69) is 42.4 Å². The fraction of sp³-hybridized carbons (Fsp3) is 0.0417. The van der Waals surface area contributed by atoms with Gasteiger partial charge in [-0.1, -0.05) is 46.3 Å². The third kappa shape index (κ3) is 4.66. The molecule has 2 N–H and O–H groups in total. The molecule has 0 saturated carbocycles. The smallest absolute Gasteiger partial charge is 0.272 e. The van der Waals surface area contributed by atoms with Crippen LogP contribution in [0.5, 0.6) is 11.5 Å². The summed E-state index contributed by atoms with van der Waals surface area (Å²) in [4.78, 5) is 17.7. The first-order chi connectivity index (χ1) is 15.5. The molecule has 1 heterocycles. The number of methoxy groups -OCH3 is 1. The summed E-state index contributed by atoms with van der Waals surface area (Å²) in [6, 6.07) is 20.3. The van der Waals surface area contributed by atoms with Gasteiger partial charge in [0.05, 0.1) is 34.6 Å². The molecule has 0 aliphatic rings. The molecule has 0 atom stereocenters. The molecule has 3 aromatic carbocycles. The number of hydrogen-bond acceptors (Lipinski definition) is 5. The molecule has 4 aromatic rings. The van der Waals surface area contributed by atoms with Gasteiger partial charge in [-0.3, -0.25) is 4.79 Å². The van der Waals surface area contributed by atoms with Crippen molar-refractivity contribution in [2.24, 2.45) is 5.10 Å². The van der Waals surface area contributed by atoms with Crippen LogP contribution in [-0.4, -0.2) is 29.3 Å². The zero-order valence-electron chi connectivity index (χ0n) is 16.8. The van der Waals surface area contributed by atoms with Crippen LogP contribution in [0.4, 0.5) is 0 Å². The Balaban J connectivity index is 1.66. The number of hydrogen-bond donors (Lipinski definition) is 2. The maximum atomic E-state index is 13.0. The van der Waals surface area contributed by atoms with Gasteiger partial charge in [-0.2, -0.15) is 5.10 Å². The Morgan fingerprint density at radius 2 is 1.91 bits per heavy atom. The molecule has 0 spiro atoms. The minimum atomic E-state index is -0.360. The average molecular weight is 555 g/mol. The van der Waals surface area contributed by atoms with Gasteiger partial charge in [0.1, 0.15) is 0 Å². The van der Waals surface area contributed by atoms with Crippen LogP contribution in [-0.2, 0) is 0 Å². The summed E-state index contributed by atoms with van der Waals surface area (Å²) in [5.74, 6) is -0.0659. The Labute approximate surface area is 201 Å². The lowest BCUT2D eigenvalue weighted by Crippen LogP contribution is -2.18. The van der Waals surface area contributed by atoms with E-state index in [9.17, 15) is 9.90 Å². The van der Waals surface area contributed by atoms with Crippen LogP contribution in [0.15, 0.2) is 80.8 Å². The van der Waals surface area contributed by atoms with Crippen molar-refractivity contribution in [3.05, 3.63) is 86.8 Å². The number of aromatic nitrogens is 1. The van der Waals surface area contributed by atoms with Gasteiger partial charge >= 0.3 is 0 Å². The Morgan fingerprint density at radius 3 is 2.69 bits per heavy atom. The Morgan fingerprint density at radius 1 is 1.09 bits per heavy atom. The summed E-state index contributed by atoms with van der Waals surface area (Å²) < 4.78 is 6.52. The number of halogens is 2. The number of phenols is 1. The number of carbonyl (C=O) groups is 1. The number of nitrogens with zero attached hydrogens (tertiary/aromatic N) is 2. The highest BCUT2D eigenvalue weighted by Gasteiger charge is 2.14. The molecule has 8 heteroatoms. The van der Waals surface area contributed by atoms with Gasteiger partial charge in [0.2, 0.25) is 0 Å². The van der Waals surface area contributed by atoms with Crippen molar-refractivity contribution in [2.45, 2.75) is 0 Å². The molecule has 0 unspecified atom stereocenters. The zero-order chi connectivity index (χ0) is 22.7. The Hall–Kier alpha value is -3.23. The second kappa shape index (κ2) is 9.50. The van der Waals surface area contributed by atoms with E-state index in [1.54, 1.807) is 18.2 Å². The van der Waals surface area contributed by atoms with Crippen LogP contribution < -0.4 is 10.2 Å². The number of amides is 1. The average Bonchev–Trinajstić information content (AvgIpc) is 2.80. The second-order valence-electron chi connectivity index (χ2n) is 6.84. The van der Waals surface area contributed by atoms with E-state index in [0.29, 0.717) is 32.6 Å². The van der Waals surface area contributed by atoms with Gasteiger partial charge in [-0.15, -0.1) is 0 Å². The lowest BCUT2D eigenvalue weighted by atomic mass is 10.0. The summed E-state index contributed by atoms with van der Waals surface area (Å²) in [7, 11) is 1.46. The van der Waals surface area contributed by atoms with E-state index in [1.165, 1.54) is 13.3 Å². The third-order valence-electron chi connectivity index (χ3n) is 4.73. The lowest BCUT2D eigenvalue weighted by molar-refractivity contribution is 0.0956. The molecule has 1 amide bonds. The molecule has 6 nitrogen and oxygen atoms in total. The summed E-state index contributed by atoms with van der Waals surface area (Å²) in [5.41, 5.74) is 5.97. The summed E-state index contributed by atoms with van der Waals surface area (Å²) in [5, 5.41) is 14.7. The molecule has 1 aromatic heterocycles. The van der Waals surface area contributed by atoms with Gasteiger partial charge < -0.3 is 9.84 Å². The minimum Gasteiger partial charge on any atom is -0.503 e. The first kappa shape index (κ1) is 22.0. The van der Waals surface area contributed by atoms with Gasteiger partial charge in [-0.25, -0.2) is 10.4 Å². The first-order valence-corrected chi connectivity index (χ1v) is 11.1. The number of rotatable bonds is 5. The van der Waals surface area contributed by atoms with Crippen LogP contribution in [0, 0.1) is 0 Å². The predicted molar refractivity (Wildman–Crippen MR) is 132 cm³/mol. The number of benzene rings is 3. The van der Waals surface area contributed by atoms with E-state index in [4.69, 9.17) is 9.72 Å². The van der Waals surface area contributed by atoms with E-state index < -0.39 is 0 Å². The highest BCUT2D eigenvalue weighted by Crippen LogP contribution is 2.34. The highest BCUT2D eigenvalue weighted by atomic mass is 79.9. The van der Waals surface area contributed by atoms with E-state index in [1.807, 2.05) is 48.5 Å². The van der Waals surface area contributed by atoms with E-state index in [-0.39, 0.29) is 11.7 Å². The second-order valence-corrected chi connectivity index (χ2v) is 8.61. The summed E-state index contributed by atoms with van der Waals surface area (Å²) >= 11 is 6.75. The van der Waals surface area contributed by atoms with Crippen LogP contribution in [0.25, 0.3) is 22.2 Å². The molecule has 0 radical (unpaired) electrons. The molecule has 0 aliphatic carbocycles. The maximum absolute atomic E-state index is 13.0. The van der Waals surface area contributed by atoms with Crippen LogP contribution in [0.3, 0.4) is 0 Å². The number of hydrazone groups is 1. The molecule has 4 rings (SSSR count). The fourth-order valence-corrected chi connectivity index (χ4v) is 4.07. The minimum absolute atomic E-state index is 0.00276. The lowest BCUT2D eigenvalue weighted by Gasteiger charge is -2.09. The molecule has 0 fully saturated rings. The van der Waals surface area contributed by atoms with Crippen molar-refractivity contribution in [3.8, 4) is 22.8 Å². The van der Waals surface area contributed by atoms with Crippen molar-refractivity contribution in [3.63, 3.8) is 0 Å². The summed E-state index contributed by atoms with van der Waals surface area (Å²) in [6.45, 7) is 0. The molecule has 0 aliphatic heterocycles. The monoisotopic (exact) mass is 553 g/mol. The molecule has 32 heavy (non-hydrogen) atoms. The predicted octanol–water partition coefficient (Wildman–Crippen LogP) is 5.90. The molecule has 0 bridgehead atoms. The number of pyridine rings is 1. The number of ether oxygens (including phenoxy) is 1. The zero-order valence-corrected chi connectivity index (χ0v) is 20.0. The maximum Gasteiger partial charge on any atom is 0.272 e. The molecule has 0 saturated heterocycles. The molecular weight excluding hydrogens is 538 g/mol. The van der Waals surface area contributed by atoms with E-state index >= 15 is 0 Å². The fourth-order valence-electron chi connectivity index (χ4n) is 3.21. The van der Waals surface area contributed by atoms with Crippen molar-refractivity contribution in [2.75, 3.05) is 7.11 Å². The van der Waals surface area contributed by atoms with Crippen molar-refractivity contribution >= 4 is 54.9 Å². The molecular formula is C24H17Br2N3O3. The largest absolute Gasteiger partial charge is 0.503 e. The van der Waals surface area contributed by atoms with Gasteiger partial charge in [0.25, 0.3) is 5.91 Å². The standard InChI is InChI=1S/C24H17Br2N3O3/c1-32-22-10-14(9-19(26)23(22)30)13-27-29-24(31)18-12-21(15-5-4-6-16(25)11-15)28-20-8-3-2-7-17(18)20/h2-13,30H,1H3,(H,29,31). The van der Waals surface area contributed by atoms with Gasteiger partial charge in [0.15, 0.2) is 11.5 Å². The summed E-state index contributed by atoms with van der Waals surface area (Å²) in [6.07, 6.45) is 1.48. The van der Waals surface area contributed by atoms with Gasteiger partial charge in [-0.05, 0) is 57.9 Å². The number of carbonyl (C=O) groups excluding carboxylic acids is 1. The molecule has 160 valence electrons. The quantitative estimate of drug-likeness (QED) is 0.237. The number of nitrogens with one attached hydrogen (secondary N) is 1. The third-order valence-corrected chi connectivity index (χ3v) is 5.83. The van der Waals surface area contributed by atoms with Crippen molar-refractivity contribution < 1.29 is 14.6 Å². The van der Waals surface area contributed by atoms with E-state index in [0.717, 1.165) is 15.4 Å². The normalized spacial score (nSPS) is 11.1. The van der Waals surface area contributed by atoms with Gasteiger partial charge in [0, 0.05) is 15.4 Å². The Kier molecular flexibility index (Phi) is 6.53. The number of phenolic OH excluding ortho intramolecular Hbond substituents is 1. The van der Waals surface area contributed by atoms with Crippen LogP contribution in [0.2, 0.25) is 0 Å². The van der Waals surface area contributed by atoms with Crippen LogP contribution in [0.1, 0.15) is 15.9 Å². The number of aromatic hydroxyl groups is 1. The number of para-hydroxylation sites is 1. The van der Waals surface area contributed by atoms with Crippen LogP contribution >= 0.6 is 31.9 Å². The number of fused-ring (bicyclic) bond motifs is 1.